The Labute approximate surface area is 210 Å². The van der Waals surface area contributed by atoms with Gasteiger partial charge in [0.1, 0.15) is 11.6 Å². The first kappa shape index (κ1) is 27.9. The van der Waals surface area contributed by atoms with E-state index in [-0.39, 0.29) is 24.2 Å². The summed E-state index contributed by atoms with van der Waals surface area (Å²) < 4.78 is 26.7. The van der Waals surface area contributed by atoms with Gasteiger partial charge in [-0.3, -0.25) is 9.59 Å². The van der Waals surface area contributed by atoms with Crippen LogP contribution in [-0.2, 0) is 19.1 Å². The molecule has 2 saturated heterocycles. The van der Waals surface area contributed by atoms with E-state index >= 15 is 4.39 Å². The van der Waals surface area contributed by atoms with Gasteiger partial charge < -0.3 is 19.7 Å². The van der Waals surface area contributed by atoms with Crippen molar-refractivity contribution in [2.75, 3.05) is 0 Å². The normalized spacial score (nSPS) is 37.5. The minimum absolute atomic E-state index is 0.129. The van der Waals surface area contributed by atoms with Gasteiger partial charge in [-0.15, -0.1) is 11.3 Å². The van der Waals surface area contributed by atoms with Crippen LogP contribution in [0.3, 0.4) is 0 Å². The zero-order chi connectivity index (χ0) is 26.1. The van der Waals surface area contributed by atoms with Crippen molar-refractivity contribution < 1.29 is 33.7 Å². The van der Waals surface area contributed by atoms with Gasteiger partial charge >= 0.3 is 5.97 Å². The van der Waals surface area contributed by atoms with Gasteiger partial charge in [0.05, 0.1) is 46.5 Å². The zero-order valence-electron chi connectivity index (χ0n) is 21.4. The molecule has 1 aromatic rings. The van der Waals surface area contributed by atoms with Crippen LogP contribution in [0.15, 0.2) is 11.2 Å². The molecule has 0 saturated carbocycles. The molecule has 0 bridgehead atoms. The number of rotatable bonds is 2. The summed E-state index contributed by atoms with van der Waals surface area (Å²) in [6.45, 7) is 10.4. The summed E-state index contributed by atoms with van der Waals surface area (Å²) in [5, 5.41) is 24.1. The molecule has 0 aromatic carbocycles. The lowest BCUT2D eigenvalue weighted by molar-refractivity contribution is -0.155. The molecule has 0 radical (unpaired) electrons. The lowest BCUT2D eigenvalue weighted by Gasteiger charge is -2.34. The molecule has 2 N–H and O–H groups in total. The van der Waals surface area contributed by atoms with E-state index in [1.54, 1.807) is 26.2 Å². The Bertz CT molecular complexity index is 961. The van der Waals surface area contributed by atoms with E-state index in [0.29, 0.717) is 18.5 Å². The number of carbonyl (C=O) groups excluding carboxylic acids is 2. The SMILES string of the molecule is Cc1nc(/C=C(\F)C2C[C@@H]3OC3(C)CCC[C@H](C)[C@H](O)[C@@H](C)C(=O)C(C)(C)[C@@H](O)CC(=O)O2)cs1. The topological polar surface area (TPSA) is 109 Å². The quantitative estimate of drug-likeness (QED) is 0.448. The number of esters is 1. The van der Waals surface area contributed by atoms with Crippen LogP contribution >= 0.6 is 11.3 Å². The summed E-state index contributed by atoms with van der Waals surface area (Å²) >= 11 is 1.39. The standard InChI is InChI=1S/C26H38FNO6S/c1-14-8-7-9-26(6)21(34-26)11-19(18(27)10-17-13-35-16(3)28-17)33-22(30)12-20(29)25(4,5)24(32)15(2)23(14)31/h10,13-15,19-21,23,29,31H,7-9,11-12H2,1-6H3/b18-10-/t14-,15+,19?,20-,21-,23-,26?/m0/s1. The van der Waals surface area contributed by atoms with Crippen LogP contribution in [-0.4, -0.2) is 57.0 Å². The lowest BCUT2D eigenvalue weighted by atomic mass is 9.73. The largest absolute Gasteiger partial charge is 0.455 e. The highest BCUT2D eigenvalue weighted by atomic mass is 32.1. The molecule has 3 rings (SSSR count). The second kappa shape index (κ2) is 10.7. The molecule has 196 valence electrons. The number of aryl methyl sites for hydroxylation is 1. The second-order valence-electron chi connectivity index (χ2n) is 10.9. The van der Waals surface area contributed by atoms with E-state index in [9.17, 15) is 19.8 Å². The van der Waals surface area contributed by atoms with Crippen molar-refractivity contribution >= 4 is 29.2 Å². The van der Waals surface area contributed by atoms with E-state index in [1.807, 2.05) is 20.8 Å². The predicted octanol–water partition coefficient (Wildman–Crippen LogP) is 4.38. The van der Waals surface area contributed by atoms with Crippen molar-refractivity contribution in [1.29, 1.82) is 0 Å². The van der Waals surface area contributed by atoms with E-state index in [2.05, 4.69) is 4.98 Å². The number of hydrogen-bond acceptors (Lipinski definition) is 8. The minimum Gasteiger partial charge on any atom is -0.455 e. The molecular weight excluding hydrogens is 473 g/mol. The summed E-state index contributed by atoms with van der Waals surface area (Å²) in [6.07, 6.45) is -0.593. The molecule has 2 unspecified atom stereocenters. The van der Waals surface area contributed by atoms with Gasteiger partial charge in [-0.1, -0.05) is 34.1 Å². The van der Waals surface area contributed by atoms with E-state index in [0.717, 1.165) is 11.4 Å². The maximum atomic E-state index is 15.3. The molecule has 2 fully saturated rings. The van der Waals surface area contributed by atoms with Gasteiger partial charge in [0, 0.05) is 17.7 Å². The lowest BCUT2D eigenvalue weighted by Crippen LogP contribution is -2.45. The van der Waals surface area contributed by atoms with Crippen LogP contribution in [0.25, 0.3) is 6.08 Å². The number of Topliss-reactive ketones (excluding diaryl/α,β-unsaturated/α-hetero) is 1. The third-order valence-electron chi connectivity index (χ3n) is 7.64. The Morgan fingerprint density at radius 3 is 2.57 bits per heavy atom. The molecule has 1 aromatic heterocycles. The Balaban J connectivity index is 1.85. The van der Waals surface area contributed by atoms with Gasteiger partial charge in [-0.25, -0.2) is 9.37 Å². The highest BCUT2D eigenvalue weighted by molar-refractivity contribution is 7.09. The van der Waals surface area contributed by atoms with Crippen LogP contribution in [0.1, 0.15) is 77.4 Å². The van der Waals surface area contributed by atoms with Crippen LogP contribution in [0.2, 0.25) is 0 Å². The molecule has 7 nitrogen and oxygen atoms in total. The van der Waals surface area contributed by atoms with Crippen LogP contribution in [0.5, 0.6) is 0 Å². The number of ether oxygens (including phenoxy) is 2. The molecular formula is C26H38FNO6S. The van der Waals surface area contributed by atoms with Gasteiger partial charge in [0.2, 0.25) is 0 Å². The van der Waals surface area contributed by atoms with Crippen LogP contribution in [0.4, 0.5) is 4.39 Å². The first-order valence-corrected chi connectivity index (χ1v) is 13.2. The highest BCUT2D eigenvalue weighted by Gasteiger charge is 2.53. The van der Waals surface area contributed by atoms with E-state index < -0.39 is 53.5 Å². The van der Waals surface area contributed by atoms with Gasteiger partial charge in [-0.2, -0.15) is 0 Å². The smallest absolute Gasteiger partial charge is 0.309 e. The average molecular weight is 512 g/mol. The molecule has 0 spiro atoms. The Hall–Kier alpha value is -1.68. The van der Waals surface area contributed by atoms with E-state index in [4.69, 9.17) is 9.47 Å². The monoisotopic (exact) mass is 511 g/mol. The molecule has 7 atom stereocenters. The number of thiazole rings is 1. The maximum Gasteiger partial charge on any atom is 0.309 e. The molecule has 0 amide bonds. The summed E-state index contributed by atoms with van der Waals surface area (Å²) in [7, 11) is 0. The third-order valence-corrected chi connectivity index (χ3v) is 8.43. The second-order valence-corrected chi connectivity index (χ2v) is 12.0. The summed E-state index contributed by atoms with van der Waals surface area (Å²) in [5.74, 6) is -2.62. The van der Waals surface area contributed by atoms with Crippen molar-refractivity contribution in [2.24, 2.45) is 17.3 Å². The third kappa shape index (κ3) is 6.56. The number of fused-ring (bicyclic) bond motifs is 1. The number of aromatic nitrogens is 1. The van der Waals surface area contributed by atoms with Crippen LogP contribution in [0, 0.1) is 24.2 Å². The summed E-state index contributed by atoms with van der Waals surface area (Å²) in [5.41, 5.74) is -1.32. The van der Waals surface area contributed by atoms with Crippen molar-refractivity contribution in [3.05, 3.63) is 21.9 Å². The van der Waals surface area contributed by atoms with Crippen molar-refractivity contribution in [1.82, 2.24) is 4.98 Å². The van der Waals surface area contributed by atoms with Crippen molar-refractivity contribution in [3.8, 4) is 0 Å². The first-order valence-electron chi connectivity index (χ1n) is 12.3. The number of halogens is 1. The Kier molecular flexibility index (Phi) is 8.57. The van der Waals surface area contributed by atoms with Gasteiger partial charge in [0.15, 0.2) is 6.10 Å². The summed E-state index contributed by atoms with van der Waals surface area (Å²) in [6, 6.07) is 0. The zero-order valence-corrected chi connectivity index (χ0v) is 22.2. The number of nitrogens with zero attached hydrogens (tertiary/aromatic N) is 1. The fourth-order valence-corrected chi connectivity index (χ4v) is 5.44. The average Bonchev–Trinajstić information content (AvgIpc) is 3.22. The number of cyclic esters (lactones) is 1. The molecule has 3 heterocycles. The molecule has 35 heavy (non-hydrogen) atoms. The fourth-order valence-electron chi connectivity index (χ4n) is 4.86. The Morgan fingerprint density at radius 2 is 1.94 bits per heavy atom. The predicted molar refractivity (Wildman–Crippen MR) is 131 cm³/mol. The number of hydrogen-bond donors (Lipinski definition) is 2. The number of ketones is 1. The molecule has 0 aliphatic carbocycles. The van der Waals surface area contributed by atoms with E-state index in [1.165, 1.54) is 17.4 Å². The van der Waals surface area contributed by atoms with Crippen molar-refractivity contribution in [2.45, 2.75) is 104 Å². The number of epoxide rings is 1. The van der Waals surface area contributed by atoms with Crippen molar-refractivity contribution in [3.63, 3.8) is 0 Å². The van der Waals surface area contributed by atoms with Gasteiger partial charge in [-0.05, 0) is 38.7 Å². The molecule has 2 aliphatic heterocycles. The van der Waals surface area contributed by atoms with Crippen LogP contribution < -0.4 is 0 Å². The fraction of sp³-hybridized carbons (Fsp3) is 0.731. The highest BCUT2D eigenvalue weighted by Crippen LogP contribution is 2.45. The maximum absolute atomic E-state index is 15.3. The Morgan fingerprint density at radius 1 is 1.26 bits per heavy atom. The number of aliphatic hydroxyl groups excluding tert-OH is 2. The number of carbonyl (C=O) groups is 2. The molecule has 2 aliphatic rings. The first-order chi connectivity index (χ1) is 16.2. The minimum atomic E-state index is -1.35. The van der Waals surface area contributed by atoms with Gasteiger partial charge in [0.25, 0.3) is 0 Å². The number of aliphatic hydroxyl groups is 2. The summed E-state index contributed by atoms with van der Waals surface area (Å²) in [4.78, 5) is 30.2. The molecule has 9 heteroatoms.